The first-order chi connectivity index (χ1) is 13.0. The average Bonchev–Trinajstić information content (AvgIpc) is 3.10. The molecular formula is C20H23N3O4. The van der Waals surface area contributed by atoms with E-state index in [-0.39, 0.29) is 29.2 Å². The van der Waals surface area contributed by atoms with Crippen LogP contribution in [0.25, 0.3) is 0 Å². The lowest BCUT2D eigenvalue weighted by Gasteiger charge is -2.38. The maximum atomic E-state index is 12.9. The number of carbonyl (C=O) groups is 1. The highest BCUT2D eigenvalue weighted by Crippen LogP contribution is 2.38. The van der Waals surface area contributed by atoms with Crippen LogP contribution in [-0.4, -0.2) is 34.2 Å². The highest BCUT2D eigenvalue weighted by atomic mass is 16.5. The van der Waals surface area contributed by atoms with Crippen LogP contribution < -0.4 is 15.6 Å². The highest BCUT2D eigenvalue weighted by molar-refractivity contribution is 5.94. The van der Waals surface area contributed by atoms with Crippen LogP contribution in [0.15, 0.2) is 29.3 Å². The molecule has 0 spiro atoms. The number of pyridine rings is 2. The van der Waals surface area contributed by atoms with E-state index in [2.05, 4.69) is 15.3 Å². The van der Waals surface area contributed by atoms with Crippen molar-refractivity contribution >= 4 is 5.91 Å². The van der Waals surface area contributed by atoms with E-state index in [9.17, 15) is 14.7 Å². The predicted molar refractivity (Wildman–Crippen MR) is 98.8 cm³/mol. The molecule has 1 amide bonds. The lowest BCUT2D eigenvalue weighted by atomic mass is 9.75. The molecule has 7 nitrogen and oxygen atoms in total. The Hall–Kier alpha value is -2.67. The van der Waals surface area contributed by atoms with Crippen molar-refractivity contribution < 1.29 is 14.6 Å². The number of aryl methyl sites for hydroxylation is 2. The summed E-state index contributed by atoms with van der Waals surface area (Å²) in [5, 5.41) is 12.7. The summed E-state index contributed by atoms with van der Waals surface area (Å²) in [6.07, 6.45) is 6.86. The largest absolute Gasteiger partial charge is 0.495 e. The highest BCUT2D eigenvalue weighted by Gasteiger charge is 2.36. The van der Waals surface area contributed by atoms with Crippen molar-refractivity contribution in [2.75, 3.05) is 7.11 Å². The minimum absolute atomic E-state index is 0.0892. The summed E-state index contributed by atoms with van der Waals surface area (Å²) < 4.78 is 5.24. The summed E-state index contributed by atoms with van der Waals surface area (Å²) in [4.78, 5) is 32.3. The second-order valence-corrected chi connectivity index (χ2v) is 7.36. The zero-order valence-electron chi connectivity index (χ0n) is 15.2. The Morgan fingerprint density at radius 3 is 2.89 bits per heavy atom. The van der Waals surface area contributed by atoms with Crippen molar-refractivity contribution in [3.63, 3.8) is 0 Å². The zero-order chi connectivity index (χ0) is 19.0. The summed E-state index contributed by atoms with van der Waals surface area (Å²) in [5.41, 5.74) is 2.56. The Labute approximate surface area is 156 Å². The third-order valence-corrected chi connectivity index (χ3v) is 5.57. The van der Waals surface area contributed by atoms with Crippen molar-refractivity contribution in [2.45, 2.75) is 44.2 Å². The van der Waals surface area contributed by atoms with E-state index in [1.165, 1.54) is 0 Å². The topological polar surface area (TPSA) is 104 Å². The smallest absolute Gasteiger partial charge is 0.261 e. The summed E-state index contributed by atoms with van der Waals surface area (Å²) >= 11 is 0. The number of hydrogen-bond donors (Lipinski definition) is 3. The average molecular weight is 369 g/mol. The van der Waals surface area contributed by atoms with E-state index in [0.717, 1.165) is 36.1 Å². The Balaban J connectivity index is 1.62. The van der Waals surface area contributed by atoms with Gasteiger partial charge in [-0.3, -0.25) is 14.6 Å². The Kier molecular flexibility index (Phi) is 4.70. The summed E-state index contributed by atoms with van der Waals surface area (Å²) in [6, 6.07) is 3.21. The first-order valence-electron chi connectivity index (χ1n) is 9.28. The molecule has 4 rings (SSSR count). The third kappa shape index (κ3) is 3.47. The van der Waals surface area contributed by atoms with Gasteiger partial charge in [0.05, 0.1) is 25.5 Å². The number of nitrogens with zero attached hydrogens (tertiary/aromatic N) is 1. The fraction of sp³-hybridized carbons (Fsp3) is 0.450. The lowest BCUT2D eigenvalue weighted by molar-refractivity contribution is 0.0234. The van der Waals surface area contributed by atoms with Crippen LogP contribution >= 0.6 is 0 Å². The molecule has 0 aromatic carbocycles. The molecule has 27 heavy (non-hydrogen) atoms. The second kappa shape index (κ2) is 7.15. The van der Waals surface area contributed by atoms with Gasteiger partial charge in [0.2, 0.25) is 0 Å². The first kappa shape index (κ1) is 17.7. The van der Waals surface area contributed by atoms with Gasteiger partial charge in [-0.25, -0.2) is 0 Å². The van der Waals surface area contributed by atoms with Crippen molar-refractivity contribution in [3.8, 4) is 5.75 Å². The number of carbonyl (C=O) groups excluding carboxylic acids is 1. The number of aromatic nitrogens is 2. The van der Waals surface area contributed by atoms with Crippen molar-refractivity contribution in [1.29, 1.82) is 0 Å². The molecule has 1 atom stereocenters. The van der Waals surface area contributed by atoms with Gasteiger partial charge in [0.25, 0.3) is 11.5 Å². The van der Waals surface area contributed by atoms with E-state index in [1.54, 1.807) is 25.6 Å². The lowest BCUT2D eigenvalue weighted by Crippen LogP contribution is -2.42. The van der Waals surface area contributed by atoms with Crippen LogP contribution in [0, 0.1) is 5.92 Å². The molecule has 1 fully saturated rings. The molecule has 2 aromatic heterocycles. The number of aliphatic hydroxyl groups is 1. The van der Waals surface area contributed by atoms with Crippen LogP contribution in [0.3, 0.4) is 0 Å². The number of hydrogen-bond acceptors (Lipinski definition) is 5. The van der Waals surface area contributed by atoms with Crippen LogP contribution in [0.1, 0.15) is 52.5 Å². The summed E-state index contributed by atoms with van der Waals surface area (Å²) in [6.45, 7) is 0. The molecule has 0 radical (unpaired) electrons. The van der Waals surface area contributed by atoms with E-state index in [1.807, 2.05) is 6.07 Å². The molecular weight excluding hydrogens is 346 g/mol. The van der Waals surface area contributed by atoms with Crippen LogP contribution in [0.5, 0.6) is 5.75 Å². The number of methoxy groups -OCH3 is 1. The van der Waals surface area contributed by atoms with Crippen LogP contribution in [-0.2, 0) is 12.8 Å². The maximum absolute atomic E-state index is 12.9. The molecule has 0 saturated heterocycles. The number of fused-ring (bicyclic) bond motifs is 1. The molecule has 2 aliphatic carbocycles. The molecule has 7 heteroatoms. The van der Waals surface area contributed by atoms with Crippen LogP contribution in [0.2, 0.25) is 0 Å². The van der Waals surface area contributed by atoms with Gasteiger partial charge < -0.3 is 20.1 Å². The quantitative estimate of drug-likeness (QED) is 0.741. The van der Waals surface area contributed by atoms with Gasteiger partial charge in [0.1, 0.15) is 11.3 Å². The van der Waals surface area contributed by atoms with Gasteiger partial charge in [-0.15, -0.1) is 0 Å². The number of rotatable bonds is 5. The third-order valence-electron chi connectivity index (χ3n) is 5.57. The summed E-state index contributed by atoms with van der Waals surface area (Å²) in [7, 11) is 1.56. The molecule has 3 N–H and O–H groups in total. The Morgan fingerprint density at radius 2 is 2.15 bits per heavy atom. The second-order valence-electron chi connectivity index (χ2n) is 7.36. The molecule has 2 heterocycles. The number of H-pyrrole nitrogens is 1. The Morgan fingerprint density at radius 1 is 1.33 bits per heavy atom. The maximum Gasteiger partial charge on any atom is 0.261 e. The van der Waals surface area contributed by atoms with Gasteiger partial charge in [0.15, 0.2) is 0 Å². The fourth-order valence-corrected chi connectivity index (χ4v) is 3.99. The molecule has 1 saturated carbocycles. The molecule has 0 bridgehead atoms. The van der Waals surface area contributed by atoms with E-state index in [4.69, 9.17) is 4.74 Å². The monoisotopic (exact) mass is 369 g/mol. The minimum atomic E-state index is -0.403. The molecule has 0 aliphatic heterocycles. The number of nitrogens with one attached hydrogen (secondary N) is 2. The SMILES string of the molecule is COc1cncc(C(NC(=O)c2cc3c([nH]c2=O)CCC3)C2CC(O)C2)c1. The number of aliphatic hydroxyl groups excluding tert-OH is 1. The van der Waals surface area contributed by atoms with Crippen LogP contribution in [0.4, 0.5) is 0 Å². The number of aromatic amines is 1. The zero-order valence-corrected chi connectivity index (χ0v) is 15.2. The van der Waals surface area contributed by atoms with E-state index >= 15 is 0 Å². The molecule has 142 valence electrons. The predicted octanol–water partition coefficient (Wildman–Crippen LogP) is 1.51. The van der Waals surface area contributed by atoms with Crippen molar-refractivity contribution in [3.05, 3.63) is 57.3 Å². The molecule has 2 aliphatic rings. The first-order valence-corrected chi connectivity index (χ1v) is 9.28. The van der Waals surface area contributed by atoms with Crippen molar-refractivity contribution in [1.82, 2.24) is 15.3 Å². The normalized spacial score (nSPS) is 21.9. The molecule has 1 unspecified atom stereocenters. The van der Waals surface area contributed by atoms with Gasteiger partial charge in [-0.05, 0) is 61.3 Å². The van der Waals surface area contributed by atoms with Gasteiger partial charge in [-0.1, -0.05) is 0 Å². The number of ether oxygens (including phenoxy) is 1. The van der Waals surface area contributed by atoms with Gasteiger partial charge in [0, 0.05) is 11.9 Å². The van der Waals surface area contributed by atoms with E-state index < -0.39 is 5.91 Å². The Bertz CT molecular complexity index is 918. The van der Waals surface area contributed by atoms with Gasteiger partial charge >= 0.3 is 0 Å². The minimum Gasteiger partial charge on any atom is -0.495 e. The summed E-state index contributed by atoms with van der Waals surface area (Å²) in [5.74, 6) is 0.286. The number of amides is 1. The fourth-order valence-electron chi connectivity index (χ4n) is 3.99. The molecule has 2 aromatic rings. The van der Waals surface area contributed by atoms with Gasteiger partial charge in [-0.2, -0.15) is 0 Å². The standard InChI is InChI=1S/C20H23N3O4/c1-27-15-7-13(9-21-10-15)18(12-5-14(24)6-12)23-20(26)16-8-11-3-2-4-17(11)22-19(16)25/h7-10,12,14,18,24H,2-6H2,1H3,(H,22,25)(H,23,26). The van der Waals surface area contributed by atoms with E-state index in [0.29, 0.717) is 18.6 Å². The van der Waals surface area contributed by atoms with Crippen molar-refractivity contribution in [2.24, 2.45) is 5.92 Å².